The fourth-order valence-corrected chi connectivity index (χ4v) is 2.42. The van der Waals surface area contributed by atoms with Gasteiger partial charge in [0.15, 0.2) is 0 Å². The van der Waals surface area contributed by atoms with E-state index < -0.39 is 4.92 Å². The van der Waals surface area contributed by atoms with Crippen molar-refractivity contribution in [1.29, 1.82) is 0 Å². The van der Waals surface area contributed by atoms with Gasteiger partial charge < -0.3 is 5.32 Å². The van der Waals surface area contributed by atoms with Crippen LogP contribution in [0.5, 0.6) is 0 Å². The number of hydrogen-bond acceptors (Lipinski definition) is 3. The summed E-state index contributed by atoms with van der Waals surface area (Å²) in [6, 6.07) is 9.48. The highest BCUT2D eigenvalue weighted by molar-refractivity contribution is 6.39. The Bertz CT molecular complexity index is 642. The number of benzene rings is 2. The van der Waals surface area contributed by atoms with Crippen LogP contribution >= 0.6 is 34.8 Å². The molecule has 0 amide bonds. The zero-order valence-corrected chi connectivity index (χ0v) is 12.3. The van der Waals surface area contributed by atoms with Crippen LogP contribution in [0.15, 0.2) is 36.4 Å². The van der Waals surface area contributed by atoms with E-state index in [1.165, 1.54) is 12.1 Å². The second kappa shape index (κ2) is 6.31. The minimum Gasteiger partial charge on any atom is -0.378 e. The Morgan fingerprint density at radius 2 is 1.70 bits per heavy atom. The van der Waals surface area contributed by atoms with E-state index >= 15 is 0 Å². The third kappa shape index (κ3) is 3.33. The second-order valence-electron chi connectivity index (χ2n) is 3.98. The summed E-state index contributed by atoms with van der Waals surface area (Å²) in [6.07, 6.45) is 0. The van der Waals surface area contributed by atoms with Crippen molar-refractivity contribution in [2.75, 3.05) is 5.32 Å². The molecule has 2 aromatic carbocycles. The van der Waals surface area contributed by atoms with Crippen LogP contribution in [0.25, 0.3) is 0 Å². The van der Waals surface area contributed by atoms with E-state index in [2.05, 4.69) is 5.32 Å². The predicted octanol–water partition coefficient (Wildman–Crippen LogP) is 5.17. The molecule has 0 spiro atoms. The van der Waals surface area contributed by atoms with Gasteiger partial charge in [-0.25, -0.2) is 0 Å². The molecule has 20 heavy (non-hydrogen) atoms. The van der Waals surface area contributed by atoms with Crippen LogP contribution in [0.1, 0.15) is 5.56 Å². The maximum absolute atomic E-state index is 10.6. The molecule has 4 nitrogen and oxygen atoms in total. The van der Waals surface area contributed by atoms with E-state index in [0.29, 0.717) is 32.9 Å². The lowest BCUT2D eigenvalue weighted by Gasteiger charge is -2.11. The largest absolute Gasteiger partial charge is 0.378 e. The molecule has 0 saturated heterocycles. The fourth-order valence-electron chi connectivity index (χ4n) is 1.64. The van der Waals surface area contributed by atoms with Crippen molar-refractivity contribution in [2.45, 2.75) is 6.54 Å². The molecular weight excluding hydrogens is 323 g/mol. The lowest BCUT2D eigenvalue weighted by Crippen LogP contribution is -2.01. The zero-order chi connectivity index (χ0) is 14.7. The minimum absolute atomic E-state index is 0.0467. The first-order chi connectivity index (χ1) is 9.49. The molecule has 0 aliphatic rings. The van der Waals surface area contributed by atoms with Gasteiger partial charge in [0.2, 0.25) is 0 Å². The Kier molecular flexibility index (Phi) is 4.70. The molecule has 0 unspecified atom stereocenters. The van der Waals surface area contributed by atoms with Gasteiger partial charge in [-0.15, -0.1) is 0 Å². The lowest BCUT2D eigenvalue weighted by atomic mass is 10.2. The van der Waals surface area contributed by atoms with Gasteiger partial charge in [-0.2, -0.15) is 0 Å². The summed E-state index contributed by atoms with van der Waals surface area (Å²) >= 11 is 18.1. The van der Waals surface area contributed by atoms with E-state index in [0.717, 1.165) is 0 Å². The number of rotatable bonds is 4. The molecule has 0 heterocycles. The van der Waals surface area contributed by atoms with E-state index in [-0.39, 0.29) is 5.69 Å². The zero-order valence-electron chi connectivity index (χ0n) is 10.1. The van der Waals surface area contributed by atoms with E-state index in [1.54, 1.807) is 24.3 Å². The summed E-state index contributed by atoms with van der Waals surface area (Å²) < 4.78 is 0. The van der Waals surface area contributed by atoms with Gasteiger partial charge in [0.1, 0.15) is 0 Å². The van der Waals surface area contributed by atoms with Gasteiger partial charge in [-0.1, -0.05) is 40.9 Å². The summed E-state index contributed by atoms with van der Waals surface area (Å²) in [5.41, 5.74) is 1.27. The summed E-state index contributed by atoms with van der Waals surface area (Å²) in [5.74, 6) is 0. The number of anilines is 1. The molecule has 2 aromatic rings. The first-order valence-electron chi connectivity index (χ1n) is 5.59. The Balaban J connectivity index is 2.17. The van der Waals surface area contributed by atoms with Crippen molar-refractivity contribution >= 4 is 46.2 Å². The standard InChI is InChI=1S/C13H9Cl3N2O2/c14-10-2-1-3-11(15)13(10)17-7-8-4-5-9(18(19)20)6-12(8)16/h1-6,17H,7H2. The summed E-state index contributed by atoms with van der Waals surface area (Å²) in [5, 5.41) is 15.0. The van der Waals surface area contributed by atoms with Gasteiger partial charge in [0, 0.05) is 18.7 Å². The van der Waals surface area contributed by atoms with Gasteiger partial charge in [-0.05, 0) is 23.8 Å². The van der Waals surface area contributed by atoms with Crippen LogP contribution in [-0.2, 0) is 6.54 Å². The van der Waals surface area contributed by atoms with Crippen LogP contribution in [0.3, 0.4) is 0 Å². The minimum atomic E-state index is -0.492. The quantitative estimate of drug-likeness (QED) is 0.621. The monoisotopic (exact) mass is 330 g/mol. The number of nitrogens with one attached hydrogen (secondary N) is 1. The highest BCUT2D eigenvalue weighted by Crippen LogP contribution is 2.31. The van der Waals surface area contributed by atoms with Gasteiger partial charge in [-0.3, -0.25) is 10.1 Å². The van der Waals surface area contributed by atoms with Crippen molar-refractivity contribution < 1.29 is 4.92 Å². The molecule has 0 aliphatic carbocycles. The Morgan fingerprint density at radius 1 is 1.05 bits per heavy atom. The van der Waals surface area contributed by atoms with Gasteiger partial charge >= 0.3 is 0 Å². The molecule has 2 rings (SSSR count). The molecule has 0 fully saturated rings. The fraction of sp³-hybridized carbons (Fsp3) is 0.0769. The average Bonchev–Trinajstić information content (AvgIpc) is 2.39. The normalized spacial score (nSPS) is 10.3. The third-order valence-corrected chi connectivity index (χ3v) is 3.65. The van der Waals surface area contributed by atoms with Crippen molar-refractivity contribution in [2.24, 2.45) is 0 Å². The maximum Gasteiger partial charge on any atom is 0.270 e. The van der Waals surface area contributed by atoms with E-state index in [9.17, 15) is 10.1 Å². The topological polar surface area (TPSA) is 55.2 Å². The highest BCUT2D eigenvalue weighted by Gasteiger charge is 2.10. The van der Waals surface area contributed by atoms with Gasteiger partial charge in [0.05, 0.1) is 25.7 Å². The number of nitro benzene ring substituents is 1. The molecular formula is C13H9Cl3N2O2. The van der Waals surface area contributed by atoms with Crippen LogP contribution in [0.4, 0.5) is 11.4 Å². The predicted molar refractivity (Wildman–Crippen MR) is 81.9 cm³/mol. The van der Waals surface area contributed by atoms with Crippen LogP contribution in [0, 0.1) is 10.1 Å². The van der Waals surface area contributed by atoms with Crippen molar-refractivity contribution in [3.8, 4) is 0 Å². The van der Waals surface area contributed by atoms with Crippen LogP contribution in [0.2, 0.25) is 15.1 Å². The molecule has 7 heteroatoms. The molecule has 0 bridgehead atoms. The maximum atomic E-state index is 10.6. The molecule has 104 valence electrons. The van der Waals surface area contributed by atoms with E-state index in [4.69, 9.17) is 34.8 Å². The average molecular weight is 332 g/mol. The number of non-ortho nitro benzene ring substituents is 1. The number of para-hydroxylation sites is 1. The lowest BCUT2D eigenvalue weighted by molar-refractivity contribution is -0.384. The van der Waals surface area contributed by atoms with Crippen molar-refractivity contribution in [1.82, 2.24) is 0 Å². The van der Waals surface area contributed by atoms with Crippen molar-refractivity contribution in [3.05, 3.63) is 67.1 Å². The van der Waals surface area contributed by atoms with Crippen molar-refractivity contribution in [3.63, 3.8) is 0 Å². The second-order valence-corrected chi connectivity index (χ2v) is 5.20. The van der Waals surface area contributed by atoms with E-state index in [1.807, 2.05) is 0 Å². The summed E-state index contributed by atoms with van der Waals surface area (Å²) in [7, 11) is 0. The Hall–Kier alpha value is -1.49. The number of hydrogen-bond donors (Lipinski definition) is 1. The molecule has 0 radical (unpaired) electrons. The smallest absolute Gasteiger partial charge is 0.270 e. The number of halogens is 3. The number of nitrogens with zero attached hydrogens (tertiary/aromatic N) is 1. The molecule has 0 saturated carbocycles. The first-order valence-corrected chi connectivity index (χ1v) is 6.73. The SMILES string of the molecule is O=[N+]([O-])c1ccc(CNc2c(Cl)cccc2Cl)c(Cl)c1. The summed E-state index contributed by atoms with van der Waals surface area (Å²) in [4.78, 5) is 10.1. The molecule has 0 aromatic heterocycles. The highest BCUT2D eigenvalue weighted by atomic mass is 35.5. The Labute approximate surface area is 130 Å². The summed E-state index contributed by atoms with van der Waals surface area (Å²) in [6.45, 7) is 0.361. The molecule has 0 aliphatic heterocycles. The van der Waals surface area contributed by atoms with Crippen LogP contribution in [-0.4, -0.2) is 4.92 Å². The third-order valence-electron chi connectivity index (χ3n) is 2.67. The van der Waals surface area contributed by atoms with Crippen LogP contribution < -0.4 is 5.32 Å². The van der Waals surface area contributed by atoms with Gasteiger partial charge in [0.25, 0.3) is 5.69 Å². The molecule has 1 N–H and O–H groups in total. The Morgan fingerprint density at radius 3 is 2.25 bits per heavy atom. The molecule has 0 atom stereocenters. The first kappa shape index (κ1) is 14.9. The number of nitro groups is 1.